The van der Waals surface area contributed by atoms with Gasteiger partial charge in [-0.1, -0.05) is 36.4 Å². The van der Waals surface area contributed by atoms with Crippen LogP contribution in [0.4, 0.5) is 17.1 Å². The number of rotatable bonds is 12. The summed E-state index contributed by atoms with van der Waals surface area (Å²) in [5.41, 5.74) is 6.34. The van der Waals surface area contributed by atoms with Gasteiger partial charge in [-0.3, -0.25) is 0 Å². The SMILES string of the molecule is COC(=O)c1ccc(-c2ccc(-c3ccc(N(c4ccc(-c5ccc(-c6ccc(C(=O)OC)s6)s5)cc4)c4ccc(-c5ccc(-c6ccc(C(=O)OC)s6)s5)cc4)cc3)s2)s1. The van der Waals surface area contributed by atoms with E-state index in [9.17, 15) is 14.4 Å². The van der Waals surface area contributed by atoms with Crippen LogP contribution in [-0.2, 0) is 14.2 Å². The fourth-order valence-corrected chi connectivity index (χ4v) is 12.8. The third-order valence-electron chi connectivity index (χ3n) is 9.75. The predicted octanol–water partition coefficient (Wildman–Crippen LogP) is 14.9. The van der Waals surface area contributed by atoms with Crippen LogP contribution < -0.4 is 4.90 Å². The van der Waals surface area contributed by atoms with Crippen molar-refractivity contribution in [1.29, 1.82) is 0 Å². The van der Waals surface area contributed by atoms with E-state index in [-0.39, 0.29) is 17.9 Å². The largest absolute Gasteiger partial charge is 0.465 e. The van der Waals surface area contributed by atoms with Crippen molar-refractivity contribution in [3.63, 3.8) is 0 Å². The van der Waals surface area contributed by atoms with E-state index in [1.54, 1.807) is 34.0 Å². The summed E-state index contributed by atoms with van der Waals surface area (Å²) in [5.74, 6) is -0.971. The summed E-state index contributed by atoms with van der Waals surface area (Å²) >= 11 is 9.38. The maximum atomic E-state index is 12.1. The standard InChI is InChI=1S/C48H33NO6S6/c1-53-46(50)43-25-22-40(59-43)37-19-16-34(56-37)28-4-10-31(11-5-28)49(32-12-6-29(7-13-32)35-17-20-38(57-35)41-23-26-44(60-41)47(51)54-2)33-14-8-30(9-15-33)36-18-21-39(58-36)42-24-27-45(61-42)48(52)55-3/h4-27H,1-3H3. The van der Waals surface area contributed by atoms with E-state index in [2.05, 4.69) is 114 Å². The highest BCUT2D eigenvalue weighted by Crippen LogP contribution is 2.44. The number of ether oxygens (including phenoxy) is 3. The van der Waals surface area contributed by atoms with Gasteiger partial charge in [0, 0.05) is 61.0 Å². The molecule has 9 rings (SSSR count). The minimum atomic E-state index is -0.324. The van der Waals surface area contributed by atoms with Gasteiger partial charge < -0.3 is 19.1 Å². The molecule has 9 aromatic rings. The highest BCUT2D eigenvalue weighted by atomic mass is 32.1. The molecule has 0 aliphatic carbocycles. The number of hydrogen-bond acceptors (Lipinski definition) is 13. The molecule has 0 fully saturated rings. The van der Waals surface area contributed by atoms with Gasteiger partial charge in [-0.2, -0.15) is 0 Å². The first-order chi connectivity index (χ1) is 29.8. The molecular formula is C48H33NO6S6. The Labute approximate surface area is 376 Å². The summed E-state index contributed by atoms with van der Waals surface area (Å²) in [5, 5.41) is 0. The quantitative estimate of drug-likeness (QED) is 0.0892. The van der Waals surface area contributed by atoms with Crippen LogP contribution in [0.15, 0.2) is 146 Å². The second kappa shape index (κ2) is 17.6. The zero-order chi connectivity index (χ0) is 42.0. The van der Waals surface area contributed by atoms with E-state index < -0.39 is 0 Å². The molecule has 0 saturated heterocycles. The van der Waals surface area contributed by atoms with Crippen LogP contribution >= 0.6 is 68.0 Å². The summed E-state index contributed by atoms with van der Waals surface area (Å²) in [6.07, 6.45) is 0. The average molecular weight is 912 g/mol. The van der Waals surface area contributed by atoms with Crippen molar-refractivity contribution in [1.82, 2.24) is 0 Å². The van der Waals surface area contributed by atoms with Gasteiger partial charge in [0.25, 0.3) is 0 Å². The fourth-order valence-electron chi connectivity index (χ4n) is 6.69. The van der Waals surface area contributed by atoms with Crippen LogP contribution in [0.5, 0.6) is 0 Å². The molecule has 302 valence electrons. The second-order valence-corrected chi connectivity index (χ2v) is 19.9. The molecule has 13 heteroatoms. The molecule has 0 atom stereocenters. The van der Waals surface area contributed by atoms with Gasteiger partial charge in [0.05, 0.1) is 21.3 Å². The molecule has 0 radical (unpaired) electrons. The fraction of sp³-hybridized carbons (Fsp3) is 0.0625. The minimum absolute atomic E-state index is 0.324. The molecule has 61 heavy (non-hydrogen) atoms. The lowest BCUT2D eigenvalue weighted by atomic mass is 10.1. The molecule has 7 nitrogen and oxygen atoms in total. The van der Waals surface area contributed by atoms with E-state index in [4.69, 9.17) is 14.2 Å². The van der Waals surface area contributed by atoms with Crippen molar-refractivity contribution in [2.45, 2.75) is 0 Å². The molecule has 0 aliphatic rings. The van der Waals surface area contributed by atoms with Crippen LogP contribution in [0.1, 0.15) is 29.0 Å². The van der Waals surface area contributed by atoms with Gasteiger partial charge in [0.2, 0.25) is 0 Å². The van der Waals surface area contributed by atoms with Crippen LogP contribution in [0, 0.1) is 0 Å². The number of hydrogen-bond donors (Lipinski definition) is 0. The Morgan fingerprint density at radius 3 is 0.803 bits per heavy atom. The Kier molecular flexibility index (Phi) is 11.7. The zero-order valence-corrected chi connectivity index (χ0v) is 37.6. The van der Waals surface area contributed by atoms with E-state index >= 15 is 0 Å². The van der Waals surface area contributed by atoms with Crippen LogP contribution in [0.2, 0.25) is 0 Å². The van der Waals surface area contributed by atoms with Gasteiger partial charge in [0.1, 0.15) is 14.6 Å². The molecule has 0 spiro atoms. The molecule has 0 unspecified atom stereocenters. The number of esters is 3. The summed E-state index contributed by atoms with van der Waals surface area (Å²) in [4.78, 5) is 50.0. The molecule has 6 heterocycles. The number of methoxy groups -OCH3 is 3. The Balaban J connectivity index is 1.01. The molecule has 0 bridgehead atoms. The topological polar surface area (TPSA) is 82.1 Å². The van der Waals surface area contributed by atoms with Crippen LogP contribution in [0.25, 0.3) is 60.6 Å². The second-order valence-electron chi connectivity index (χ2n) is 13.4. The highest BCUT2D eigenvalue weighted by molar-refractivity contribution is 7.25. The summed E-state index contributed by atoms with van der Waals surface area (Å²) < 4.78 is 14.7. The maximum Gasteiger partial charge on any atom is 0.348 e. The first-order valence-electron chi connectivity index (χ1n) is 18.7. The minimum Gasteiger partial charge on any atom is -0.465 e. The van der Waals surface area contributed by atoms with Crippen molar-refractivity contribution in [2.75, 3.05) is 26.2 Å². The normalized spacial score (nSPS) is 11.1. The maximum absolute atomic E-state index is 12.1. The number of nitrogens with zero attached hydrogens (tertiary/aromatic N) is 1. The van der Waals surface area contributed by atoms with Crippen LogP contribution in [0.3, 0.4) is 0 Å². The Bertz CT molecular complexity index is 2670. The number of thiophene rings is 6. The van der Waals surface area contributed by atoms with Gasteiger partial charge in [0.15, 0.2) is 0 Å². The lowest BCUT2D eigenvalue weighted by molar-refractivity contribution is 0.0597. The van der Waals surface area contributed by atoms with Crippen molar-refractivity contribution in [2.24, 2.45) is 0 Å². The van der Waals surface area contributed by atoms with Crippen LogP contribution in [-0.4, -0.2) is 39.2 Å². The van der Waals surface area contributed by atoms with Gasteiger partial charge >= 0.3 is 17.9 Å². The van der Waals surface area contributed by atoms with Crippen molar-refractivity contribution < 1.29 is 28.6 Å². The molecule has 0 N–H and O–H groups in total. The number of benzene rings is 3. The Hall–Kier alpha value is -5.93. The summed E-state index contributed by atoms with van der Waals surface area (Å²) in [6.45, 7) is 0. The molecule has 0 amide bonds. The Morgan fingerprint density at radius 2 is 0.541 bits per heavy atom. The number of anilines is 3. The van der Waals surface area contributed by atoms with E-state index in [0.717, 1.165) is 77.6 Å². The van der Waals surface area contributed by atoms with Crippen molar-refractivity contribution in [3.8, 4) is 60.6 Å². The van der Waals surface area contributed by atoms with Gasteiger partial charge in [-0.05, 0) is 126 Å². The van der Waals surface area contributed by atoms with E-state index in [1.165, 1.54) is 55.3 Å². The lowest BCUT2D eigenvalue weighted by Crippen LogP contribution is -2.09. The summed E-state index contributed by atoms with van der Waals surface area (Å²) in [7, 11) is 4.20. The molecular weight excluding hydrogens is 879 g/mol. The third-order valence-corrected chi connectivity index (χ3v) is 16.9. The monoisotopic (exact) mass is 911 g/mol. The molecule has 3 aromatic carbocycles. The summed E-state index contributed by atoms with van der Waals surface area (Å²) in [6, 6.07) is 49.9. The Morgan fingerprint density at radius 1 is 0.311 bits per heavy atom. The molecule has 0 aliphatic heterocycles. The van der Waals surface area contributed by atoms with Gasteiger partial charge in [-0.15, -0.1) is 68.0 Å². The van der Waals surface area contributed by atoms with E-state index in [0.29, 0.717) is 14.6 Å². The number of carbonyl (C=O) groups is 3. The first-order valence-corrected chi connectivity index (χ1v) is 23.6. The number of carbonyl (C=O) groups excluding carboxylic acids is 3. The van der Waals surface area contributed by atoms with Gasteiger partial charge in [-0.25, -0.2) is 14.4 Å². The predicted molar refractivity (Wildman–Crippen MR) is 255 cm³/mol. The van der Waals surface area contributed by atoms with Crippen molar-refractivity contribution >= 4 is 103 Å². The first kappa shape index (κ1) is 40.5. The average Bonchev–Trinajstić information content (AvgIpc) is 4.16. The third kappa shape index (κ3) is 8.40. The highest BCUT2D eigenvalue weighted by Gasteiger charge is 2.18. The van der Waals surface area contributed by atoms with E-state index in [1.807, 2.05) is 36.4 Å². The lowest BCUT2D eigenvalue weighted by Gasteiger charge is -2.26. The molecule has 0 saturated carbocycles. The smallest absolute Gasteiger partial charge is 0.348 e. The molecule has 6 aromatic heterocycles. The van der Waals surface area contributed by atoms with Crippen molar-refractivity contribution in [3.05, 3.63) is 160 Å². The zero-order valence-electron chi connectivity index (χ0n) is 32.7.